The van der Waals surface area contributed by atoms with E-state index in [1.165, 1.54) is 0 Å². The van der Waals surface area contributed by atoms with Crippen molar-refractivity contribution in [3.05, 3.63) is 50.4 Å². The maximum absolute atomic E-state index is 12.3. The van der Waals surface area contributed by atoms with Gasteiger partial charge in [0, 0.05) is 15.0 Å². The third-order valence-corrected chi connectivity index (χ3v) is 3.70. The molecule has 104 valence electrons. The van der Waals surface area contributed by atoms with Crippen molar-refractivity contribution >= 4 is 40.2 Å². The Kier molecular flexibility index (Phi) is 4.12. The highest BCUT2D eigenvalue weighted by Gasteiger charge is 2.21. The molecule has 1 heterocycles. The highest BCUT2D eigenvalue weighted by atomic mass is 127. The molecule has 1 aromatic carbocycles. The lowest BCUT2D eigenvalue weighted by atomic mass is 10.1. The first kappa shape index (κ1) is 14.6. The number of amides is 1. The highest BCUT2D eigenvalue weighted by molar-refractivity contribution is 14.1. The van der Waals surface area contributed by atoms with Crippen LogP contribution >= 0.6 is 22.6 Å². The molecular weight excluding hydrogens is 371 g/mol. The monoisotopic (exact) mass is 384 g/mol. The third-order valence-electron chi connectivity index (χ3n) is 2.98. The summed E-state index contributed by atoms with van der Waals surface area (Å²) in [4.78, 5) is 26.0. The van der Waals surface area contributed by atoms with Crippen LogP contribution in [0.5, 0.6) is 0 Å². The first-order chi connectivity index (χ1) is 9.40. The standard InChI is InChI=1S/C14H13IN2O3/c1-7-11(8(2)16-12(7)14(19)20)13(18)17-10-5-3-9(15)4-6-10/h3-6,16H,1-2H3,(H,17,18)(H,19,20). The molecule has 5 nitrogen and oxygen atoms in total. The normalized spacial score (nSPS) is 10.3. The summed E-state index contributed by atoms with van der Waals surface area (Å²) in [6.45, 7) is 3.30. The maximum Gasteiger partial charge on any atom is 0.352 e. The number of carbonyl (C=O) groups is 2. The lowest BCUT2D eigenvalue weighted by molar-refractivity contribution is 0.0690. The van der Waals surface area contributed by atoms with Crippen molar-refractivity contribution < 1.29 is 14.7 Å². The molecule has 0 saturated carbocycles. The van der Waals surface area contributed by atoms with Crippen molar-refractivity contribution in [1.29, 1.82) is 0 Å². The second kappa shape index (κ2) is 5.66. The van der Waals surface area contributed by atoms with Crippen molar-refractivity contribution in [1.82, 2.24) is 4.98 Å². The molecule has 0 radical (unpaired) electrons. The smallest absolute Gasteiger partial charge is 0.352 e. The summed E-state index contributed by atoms with van der Waals surface area (Å²) in [6, 6.07) is 7.37. The molecule has 20 heavy (non-hydrogen) atoms. The zero-order valence-electron chi connectivity index (χ0n) is 11.0. The van der Waals surface area contributed by atoms with E-state index < -0.39 is 5.97 Å². The van der Waals surface area contributed by atoms with Crippen LogP contribution in [0.4, 0.5) is 5.69 Å². The minimum atomic E-state index is -1.07. The number of carboxylic acids is 1. The minimum absolute atomic E-state index is 0.0512. The van der Waals surface area contributed by atoms with Gasteiger partial charge in [-0.05, 0) is 66.3 Å². The highest BCUT2D eigenvalue weighted by Crippen LogP contribution is 2.20. The molecule has 0 bridgehead atoms. The lowest BCUT2D eigenvalue weighted by Crippen LogP contribution is -2.13. The molecule has 1 aromatic heterocycles. The number of aromatic carboxylic acids is 1. The molecule has 2 rings (SSSR count). The molecule has 0 aliphatic heterocycles. The van der Waals surface area contributed by atoms with E-state index in [0.29, 0.717) is 22.5 Å². The van der Waals surface area contributed by atoms with Crippen LogP contribution in [0.15, 0.2) is 24.3 Å². The Labute approximate surface area is 129 Å². The van der Waals surface area contributed by atoms with Gasteiger partial charge in [-0.3, -0.25) is 4.79 Å². The molecule has 0 aliphatic carbocycles. The Morgan fingerprint density at radius 2 is 1.80 bits per heavy atom. The molecule has 2 aromatic rings. The third kappa shape index (κ3) is 2.84. The first-order valence-electron chi connectivity index (χ1n) is 5.89. The Bertz CT molecular complexity index is 674. The van der Waals surface area contributed by atoms with E-state index in [0.717, 1.165) is 3.57 Å². The molecule has 0 fully saturated rings. The summed E-state index contributed by atoms with van der Waals surface area (Å²) in [5, 5.41) is 11.8. The van der Waals surface area contributed by atoms with Crippen LogP contribution in [0, 0.1) is 17.4 Å². The number of aromatic amines is 1. The fraction of sp³-hybridized carbons (Fsp3) is 0.143. The molecule has 3 N–H and O–H groups in total. The zero-order valence-corrected chi connectivity index (χ0v) is 13.1. The second-order valence-corrected chi connectivity index (χ2v) is 5.64. The Morgan fingerprint density at radius 3 is 2.30 bits per heavy atom. The molecule has 0 spiro atoms. The van der Waals surface area contributed by atoms with E-state index in [2.05, 4.69) is 32.9 Å². The molecule has 0 unspecified atom stereocenters. The van der Waals surface area contributed by atoms with E-state index >= 15 is 0 Å². The van der Waals surface area contributed by atoms with Gasteiger partial charge in [-0.15, -0.1) is 0 Å². The summed E-state index contributed by atoms with van der Waals surface area (Å²) in [7, 11) is 0. The fourth-order valence-electron chi connectivity index (χ4n) is 2.03. The van der Waals surface area contributed by atoms with Crippen LogP contribution in [-0.2, 0) is 0 Å². The lowest BCUT2D eigenvalue weighted by Gasteiger charge is -2.06. The number of halogens is 1. The SMILES string of the molecule is Cc1[nH]c(C(=O)O)c(C)c1C(=O)Nc1ccc(I)cc1. The van der Waals surface area contributed by atoms with Gasteiger partial charge in [0.25, 0.3) is 5.91 Å². The van der Waals surface area contributed by atoms with Gasteiger partial charge in [0.05, 0.1) is 5.56 Å². The van der Waals surface area contributed by atoms with Crippen LogP contribution in [0.3, 0.4) is 0 Å². The van der Waals surface area contributed by atoms with Gasteiger partial charge < -0.3 is 15.4 Å². The van der Waals surface area contributed by atoms with Gasteiger partial charge in [0.15, 0.2) is 0 Å². The summed E-state index contributed by atoms with van der Waals surface area (Å²) in [5.74, 6) is -1.39. The summed E-state index contributed by atoms with van der Waals surface area (Å²) in [5.41, 5.74) is 2.09. The quantitative estimate of drug-likeness (QED) is 0.711. The van der Waals surface area contributed by atoms with Crippen LogP contribution < -0.4 is 5.32 Å². The average molecular weight is 384 g/mol. The second-order valence-electron chi connectivity index (χ2n) is 4.39. The Hall–Kier alpha value is -1.83. The number of anilines is 1. The Balaban J connectivity index is 2.30. The number of hydrogen-bond acceptors (Lipinski definition) is 2. The molecule has 0 atom stereocenters. The van der Waals surface area contributed by atoms with Crippen molar-refractivity contribution in [2.45, 2.75) is 13.8 Å². The van der Waals surface area contributed by atoms with Gasteiger partial charge in [-0.2, -0.15) is 0 Å². The molecule has 1 amide bonds. The van der Waals surface area contributed by atoms with Crippen molar-refractivity contribution in [3.63, 3.8) is 0 Å². The van der Waals surface area contributed by atoms with Gasteiger partial charge in [-0.1, -0.05) is 0 Å². The number of carbonyl (C=O) groups excluding carboxylic acids is 1. The number of nitrogens with one attached hydrogen (secondary N) is 2. The number of aryl methyl sites for hydroxylation is 1. The minimum Gasteiger partial charge on any atom is -0.477 e. The maximum atomic E-state index is 12.3. The number of H-pyrrole nitrogens is 1. The number of hydrogen-bond donors (Lipinski definition) is 3. The van der Waals surface area contributed by atoms with Gasteiger partial charge >= 0.3 is 5.97 Å². The largest absolute Gasteiger partial charge is 0.477 e. The van der Waals surface area contributed by atoms with E-state index in [9.17, 15) is 9.59 Å². The van der Waals surface area contributed by atoms with Gasteiger partial charge in [0.2, 0.25) is 0 Å². The number of aromatic nitrogens is 1. The van der Waals surface area contributed by atoms with Crippen molar-refractivity contribution in [3.8, 4) is 0 Å². The molecule has 0 saturated heterocycles. The zero-order chi connectivity index (χ0) is 14.9. The van der Waals surface area contributed by atoms with E-state index in [1.807, 2.05) is 12.1 Å². The number of benzene rings is 1. The number of carboxylic acid groups (broad SMARTS) is 1. The summed E-state index contributed by atoms with van der Waals surface area (Å²) < 4.78 is 1.07. The van der Waals surface area contributed by atoms with E-state index in [4.69, 9.17) is 5.11 Å². The first-order valence-corrected chi connectivity index (χ1v) is 6.97. The topological polar surface area (TPSA) is 82.2 Å². The van der Waals surface area contributed by atoms with E-state index in [1.54, 1.807) is 26.0 Å². The number of rotatable bonds is 3. The predicted octanol–water partition coefficient (Wildman–Crippen LogP) is 3.19. The van der Waals surface area contributed by atoms with Crippen molar-refractivity contribution in [2.75, 3.05) is 5.32 Å². The van der Waals surface area contributed by atoms with Crippen LogP contribution in [0.2, 0.25) is 0 Å². The summed E-state index contributed by atoms with van der Waals surface area (Å²) in [6.07, 6.45) is 0. The van der Waals surface area contributed by atoms with Crippen LogP contribution in [0.25, 0.3) is 0 Å². The van der Waals surface area contributed by atoms with E-state index in [-0.39, 0.29) is 11.6 Å². The fourth-order valence-corrected chi connectivity index (χ4v) is 2.39. The predicted molar refractivity (Wildman–Crippen MR) is 84.3 cm³/mol. The van der Waals surface area contributed by atoms with Gasteiger partial charge in [-0.25, -0.2) is 4.79 Å². The summed E-state index contributed by atoms with van der Waals surface area (Å²) >= 11 is 2.18. The van der Waals surface area contributed by atoms with Crippen LogP contribution in [0.1, 0.15) is 32.1 Å². The molecular formula is C14H13IN2O3. The van der Waals surface area contributed by atoms with Gasteiger partial charge in [0.1, 0.15) is 5.69 Å². The molecule has 6 heteroatoms. The average Bonchev–Trinajstić information content (AvgIpc) is 2.68. The molecule has 0 aliphatic rings. The Morgan fingerprint density at radius 1 is 1.20 bits per heavy atom. The van der Waals surface area contributed by atoms with Crippen LogP contribution in [-0.4, -0.2) is 22.0 Å². The van der Waals surface area contributed by atoms with Crippen molar-refractivity contribution in [2.24, 2.45) is 0 Å².